The summed E-state index contributed by atoms with van der Waals surface area (Å²) in [7, 11) is 1.99. The van der Waals surface area contributed by atoms with Crippen molar-refractivity contribution < 1.29 is 5.11 Å². The molecule has 0 aliphatic carbocycles. The van der Waals surface area contributed by atoms with Crippen molar-refractivity contribution in [2.45, 2.75) is 20.0 Å². The number of aliphatic hydroxyl groups excluding tert-OH is 1. The number of hydrogen-bond acceptors (Lipinski definition) is 2. The van der Waals surface area contributed by atoms with Crippen molar-refractivity contribution in [3.05, 3.63) is 12.2 Å². The lowest BCUT2D eigenvalue weighted by Crippen LogP contribution is -2.27. The molecule has 0 bridgehead atoms. The molecule has 60 valence electrons. The van der Waals surface area contributed by atoms with Gasteiger partial charge in [0.2, 0.25) is 0 Å². The van der Waals surface area contributed by atoms with E-state index < -0.39 is 0 Å². The summed E-state index contributed by atoms with van der Waals surface area (Å²) < 4.78 is 0. The van der Waals surface area contributed by atoms with Gasteiger partial charge in [0, 0.05) is 13.1 Å². The Balaban J connectivity index is 3.33. The molecule has 0 radical (unpaired) electrons. The largest absolute Gasteiger partial charge is 0.392 e. The Morgan fingerprint density at radius 1 is 1.60 bits per heavy atom. The summed E-state index contributed by atoms with van der Waals surface area (Å²) in [5, 5.41) is 8.96. The number of rotatable bonds is 4. The summed E-state index contributed by atoms with van der Waals surface area (Å²) in [6, 6.07) is 0. The third-order valence-electron chi connectivity index (χ3n) is 1.23. The molecular formula is C8H17NO. The van der Waals surface area contributed by atoms with Crippen LogP contribution in [-0.4, -0.2) is 36.2 Å². The van der Waals surface area contributed by atoms with Gasteiger partial charge in [-0.3, -0.25) is 0 Å². The van der Waals surface area contributed by atoms with E-state index in [1.165, 1.54) is 0 Å². The molecule has 2 nitrogen and oxygen atoms in total. The summed E-state index contributed by atoms with van der Waals surface area (Å²) in [6.45, 7) is 5.45. The van der Waals surface area contributed by atoms with Crippen molar-refractivity contribution in [2.24, 2.45) is 0 Å². The Morgan fingerprint density at radius 3 is 2.60 bits per heavy atom. The molecule has 0 aliphatic rings. The molecule has 0 amide bonds. The molecule has 0 aliphatic heterocycles. The lowest BCUT2D eigenvalue weighted by atomic mass is 10.3. The molecule has 10 heavy (non-hydrogen) atoms. The summed E-state index contributed by atoms with van der Waals surface area (Å²) in [5.74, 6) is 0. The van der Waals surface area contributed by atoms with Gasteiger partial charge in [-0.1, -0.05) is 12.2 Å². The van der Waals surface area contributed by atoms with Gasteiger partial charge in [-0.15, -0.1) is 0 Å². The maximum atomic E-state index is 8.96. The highest BCUT2D eigenvalue weighted by molar-refractivity contribution is 4.80. The molecule has 0 rings (SSSR count). The lowest BCUT2D eigenvalue weighted by Gasteiger charge is -2.15. The highest BCUT2D eigenvalue weighted by atomic mass is 16.3. The smallest absolute Gasteiger partial charge is 0.0639 e. The molecule has 0 aromatic rings. The minimum Gasteiger partial charge on any atom is -0.392 e. The van der Waals surface area contributed by atoms with Crippen molar-refractivity contribution in [2.75, 3.05) is 20.1 Å². The maximum Gasteiger partial charge on any atom is 0.0639 e. The van der Waals surface area contributed by atoms with Crippen LogP contribution in [0.25, 0.3) is 0 Å². The van der Waals surface area contributed by atoms with Crippen LogP contribution in [0.4, 0.5) is 0 Å². The van der Waals surface area contributed by atoms with Crippen molar-refractivity contribution in [1.82, 2.24) is 4.90 Å². The number of allylic oxidation sites excluding steroid dienone is 1. The minimum absolute atomic E-state index is 0.227. The quantitative estimate of drug-likeness (QED) is 0.590. The first-order chi connectivity index (χ1) is 4.66. The fourth-order valence-electron chi connectivity index (χ4n) is 0.811. The third kappa shape index (κ3) is 5.79. The van der Waals surface area contributed by atoms with Crippen molar-refractivity contribution in [3.8, 4) is 0 Å². The van der Waals surface area contributed by atoms with Crippen molar-refractivity contribution >= 4 is 0 Å². The normalized spacial score (nSPS) is 14.9. The van der Waals surface area contributed by atoms with Crippen LogP contribution in [0.15, 0.2) is 12.2 Å². The zero-order valence-electron chi connectivity index (χ0n) is 7.04. The Labute approximate surface area is 63.2 Å². The summed E-state index contributed by atoms with van der Waals surface area (Å²) in [4.78, 5) is 2.07. The zero-order chi connectivity index (χ0) is 7.98. The van der Waals surface area contributed by atoms with Crippen LogP contribution in [0, 0.1) is 0 Å². The van der Waals surface area contributed by atoms with Gasteiger partial charge in [-0.2, -0.15) is 0 Å². The molecular weight excluding hydrogens is 126 g/mol. The Morgan fingerprint density at radius 2 is 2.20 bits per heavy atom. The molecule has 0 saturated heterocycles. The van der Waals surface area contributed by atoms with Crippen LogP contribution in [0.1, 0.15) is 13.8 Å². The van der Waals surface area contributed by atoms with Gasteiger partial charge in [-0.25, -0.2) is 0 Å². The fourth-order valence-corrected chi connectivity index (χ4v) is 0.811. The van der Waals surface area contributed by atoms with Crippen molar-refractivity contribution in [1.29, 1.82) is 0 Å². The Kier molecular flexibility index (Phi) is 5.26. The first-order valence-corrected chi connectivity index (χ1v) is 3.64. The second-order valence-electron chi connectivity index (χ2n) is 2.64. The van der Waals surface area contributed by atoms with E-state index in [1.807, 2.05) is 20.0 Å². The van der Waals surface area contributed by atoms with E-state index in [-0.39, 0.29) is 6.10 Å². The van der Waals surface area contributed by atoms with E-state index in [2.05, 4.69) is 11.0 Å². The molecule has 0 heterocycles. The predicted molar refractivity (Wildman–Crippen MR) is 44.0 cm³/mol. The first kappa shape index (κ1) is 9.66. The molecule has 0 spiro atoms. The highest BCUT2D eigenvalue weighted by Crippen LogP contribution is 1.87. The number of hydrogen-bond donors (Lipinski definition) is 1. The molecule has 0 aromatic carbocycles. The molecule has 1 atom stereocenters. The van der Waals surface area contributed by atoms with Gasteiger partial charge in [0.1, 0.15) is 0 Å². The fraction of sp³-hybridized carbons (Fsp3) is 0.750. The van der Waals surface area contributed by atoms with Gasteiger partial charge < -0.3 is 10.0 Å². The lowest BCUT2D eigenvalue weighted by molar-refractivity contribution is 0.147. The molecule has 1 N–H and O–H groups in total. The number of aliphatic hydroxyl groups is 1. The average molecular weight is 143 g/mol. The van der Waals surface area contributed by atoms with Crippen LogP contribution in [0.5, 0.6) is 0 Å². The standard InChI is InChI=1S/C8H17NO/c1-4-5-6-9(3)7-8(2)10/h4-5,8,10H,6-7H2,1-3H3/b5-4+/t8-/m1/s1. The van der Waals surface area contributed by atoms with Crippen LogP contribution in [0.3, 0.4) is 0 Å². The number of likely N-dealkylation sites (N-methyl/N-ethyl adjacent to an activating group) is 1. The zero-order valence-corrected chi connectivity index (χ0v) is 7.04. The van der Waals surface area contributed by atoms with Gasteiger partial charge in [0.15, 0.2) is 0 Å². The summed E-state index contributed by atoms with van der Waals surface area (Å²) >= 11 is 0. The van der Waals surface area contributed by atoms with Crippen LogP contribution in [-0.2, 0) is 0 Å². The van der Waals surface area contributed by atoms with E-state index in [1.54, 1.807) is 6.92 Å². The Bertz CT molecular complexity index is 99.4. The van der Waals surface area contributed by atoms with Gasteiger partial charge in [-0.05, 0) is 20.9 Å². The van der Waals surface area contributed by atoms with Crippen molar-refractivity contribution in [3.63, 3.8) is 0 Å². The predicted octanol–water partition coefficient (Wildman–Crippen LogP) is 0.875. The number of nitrogens with zero attached hydrogens (tertiary/aromatic N) is 1. The monoisotopic (exact) mass is 143 g/mol. The van der Waals surface area contributed by atoms with Gasteiger partial charge >= 0.3 is 0 Å². The van der Waals surface area contributed by atoms with Gasteiger partial charge in [0.05, 0.1) is 6.10 Å². The third-order valence-corrected chi connectivity index (χ3v) is 1.23. The molecule has 0 saturated carbocycles. The van der Waals surface area contributed by atoms with Crippen LogP contribution in [0.2, 0.25) is 0 Å². The van der Waals surface area contributed by atoms with Crippen LogP contribution >= 0.6 is 0 Å². The van der Waals surface area contributed by atoms with Gasteiger partial charge in [0.25, 0.3) is 0 Å². The van der Waals surface area contributed by atoms with E-state index in [4.69, 9.17) is 5.11 Å². The van der Waals surface area contributed by atoms with E-state index >= 15 is 0 Å². The first-order valence-electron chi connectivity index (χ1n) is 3.64. The average Bonchev–Trinajstić information content (AvgIpc) is 1.82. The Hall–Kier alpha value is -0.340. The highest BCUT2D eigenvalue weighted by Gasteiger charge is 1.98. The molecule has 0 fully saturated rings. The molecule has 0 unspecified atom stereocenters. The van der Waals surface area contributed by atoms with Crippen LogP contribution < -0.4 is 0 Å². The van der Waals surface area contributed by atoms with E-state index in [0.29, 0.717) is 0 Å². The SMILES string of the molecule is C/C=C/CN(C)C[C@@H](C)O. The molecule has 0 aromatic heterocycles. The topological polar surface area (TPSA) is 23.5 Å². The molecule has 2 heteroatoms. The van der Waals surface area contributed by atoms with E-state index in [0.717, 1.165) is 13.1 Å². The van der Waals surface area contributed by atoms with E-state index in [9.17, 15) is 0 Å². The summed E-state index contributed by atoms with van der Waals surface area (Å²) in [6.07, 6.45) is 3.86. The minimum atomic E-state index is -0.227. The summed E-state index contributed by atoms with van der Waals surface area (Å²) in [5.41, 5.74) is 0. The second-order valence-corrected chi connectivity index (χ2v) is 2.64. The second kappa shape index (κ2) is 5.45. The maximum absolute atomic E-state index is 8.96.